The van der Waals surface area contributed by atoms with Crippen LogP contribution in [0.25, 0.3) is 5.57 Å². The molecule has 3 aromatic rings. The van der Waals surface area contributed by atoms with Gasteiger partial charge in [-0.15, -0.1) is 0 Å². The summed E-state index contributed by atoms with van der Waals surface area (Å²) < 4.78 is 11.8. The molecule has 9 heteroatoms. The van der Waals surface area contributed by atoms with Crippen LogP contribution in [0.3, 0.4) is 0 Å². The molecule has 2 atom stereocenters. The third-order valence-electron chi connectivity index (χ3n) is 8.58. The van der Waals surface area contributed by atoms with Crippen molar-refractivity contribution in [2.75, 3.05) is 26.3 Å². The number of nitrogens with zero attached hydrogens (tertiary/aromatic N) is 2. The van der Waals surface area contributed by atoms with Gasteiger partial charge in [-0.3, -0.25) is 9.59 Å². The van der Waals surface area contributed by atoms with Gasteiger partial charge in [0.2, 0.25) is 5.91 Å². The van der Waals surface area contributed by atoms with E-state index < -0.39 is 0 Å². The number of aryl methyl sites for hydroxylation is 1. The molecule has 7 nitrogen and oxygen atoms in total. The van der Waals surface area contributed by atoms with E-state index in [2.05, 4.69) is 5.32 Å². The second-order valence-corrected chi connectivity index (χ2v) is 12.7. The molecule has 1 N–H and O–H groups in total. The van der Waals surface area contributed by atoms with Gasteiger partial charge in [0.25, 0.3) is 5.91 Å². The number of carbonyl (C=O) groups is 2. The molecule has 2 heterocycles. The molecule has 0 unspecified atom stereocenters. The van der Waals surface area contributed by atoms with Crippen molar-refractivity contribution in [1.82, 2.24) is 15.1 Å². The number of piperazine rings is 1. The molecule has 44 heavy (non-hydrogen) atoms. The predicted octanol–water partition coefficient (Wildman–Crippen LogP) is 6.30. The Morgan fingerprint density at radius 3 is 2.43 bits per heavy atom. The van der Waals surface area contributed by atoms with Gasteiger partial charge in [0.15, 0.2) is 0 Å². The van der Waals surface area contributed by atoms with Gasteiger partial charge in [0, 0.05) is 54.3 Å². The van der Waals surface area contributed by atoms with E-state index in [4.69, 9.17) is 32.7 Å². The molecule has 1 saturated heterocycles. The topological polar surface area (TPSA) is 71.1 Å². The molecule has 6 rings (SSSR count). The minimum atomic E-state index is -0.245. The summed E-state index contributed by atoms with van der Waals surface area (Å²) in [5.41, 5.74) is 4.68. The highest BCUT2D eigenvalue weighted by Gasteiger charge is 2.43. The average Bonchev–Trinajstić information content (AvgIpc) is 3.85. The second-order valence-electron chi connectivity index (χ2n) is 11.8. The first-order valence-corrected chi connectivity index (χ1v) is 15.9. The van der Waals surface area contributed by atoms with Crippen molar-refractivity contribution >= 4 is 40.6 Å². The maximum absolute atomic E-state index is 14.5. The van der Waals surface area contributed by atoms with Crippen molar-refractivity contribution in [3.63, 3.8) is 0 Å². The summed E-state index contributed by atoms with van der Waals surface area (Å²) in [6, 6.07) is 21.2. The maximum atomic E-state index is 14.5. The lowest BCUT2D eigenvalue weighted by atomic mass is 9.82. The van der Waals surface area contributed by atoms with Crippen molar-refractivity contribution in [2.24, 2.45) is 0 Å². The Morgan fingerprint density at radius 1 is 0.977 bits per heavy atom. The fourth-order valence-electron chi connectivity index (χ4n) is 6.18. The molecule has 3 aliphatic rings. The van der Waals surface area contributed by atoms with Gasteiger partial charge in [0.1, 0.15) is 24.7 Å². The molecule has 0 aromatic heterocycles. The Morgan fingerprint density at radius 2 is 1.73 bits per heavy atom. The molecule has 1 saturated carbocycles. The van der Waals surface area contributed by atoms with Crippen LogP contribution in [0.1, 0.15) is 42.9 Å². The second kappa shape index (κ2) is 13.2. The minimum absolute atomic E-state index is 0.0127. The number of rotatable bonds is 10. The third kappa shape index (κ3) is 6.90. The Kier molecular flexibility index (Phi) is 9.17. The molecule has 230 valence electrons. The summed E-state index contributed by atoms with van der Waals surface area (Å²) >= 11 is 12.6. The molecule has 1 aliphatic carbocycles. The zero-order valence-electron chi connectivity index (χ0n) is 25.0. The van der Waals surface area contributed by atoms with E-state index in [9.17, 15) is 9.59 Å². The van der Waals surface area contributed by atoms with E-state index in [0.717, 1.165) is 52.2 Å². The van der Waals surface area contributed by atoms with Crippen LogP contribution in [0, 0.1) is 6.92 Å². The zero-order chi connectivity index (χ0) is 30.8. The third-order valence-corrected chi connectivity index (χ3v) is 9.18. The molecule has 3 aromatic carbocycles. The lowest BCUT2D eigenvalue weighted by molar-refractivity contribution is -0.132. The largest absolute Gasteiger partial charge is 0.490 e. The Bertz CT molecular complexity index is 1570. The summed E-state index contributed by atoms with van der Waals surface area (Å²) in [6.07, 6.45) is 2.61. The lowest BCUT2D eigenvalue weighted by Crippen LogP contribution is -2.61. The van der Waals surface area contributed by atoms with Crippen LogP contribution in [-0.4, -0.2) is 66.0 Å². The summed E-state index contributed by atoms with van der Waals surface area (Å²) in [6.45, 7) is 5.89. The van der Waals surface area contributed by atoms with Crippen LogP contribution in [0.4, 0.5) is 0 Å². The van der Waals surface area contributed by atoms with Gasteiger partial charge >= 0.3 is 0 Å². The number of halogens is 2. The number of carbonyl (C=O) groups excluding carboxylic acids is 2. The number of benzene rings is 3. The number of hydrogen-bond donors (Lipinski definition) is 1. The molecular formula is C35H37Cl2N3O4. The smallest absolute Gasteiger partial charge is 0.252 e. The highest BCUT2D eigenvalue weighted by Crippen LogP contribution is 2.38. The Hall–Kier alpha value is -3.52. The van der Waals surface area contributed by atoms with E-state index in [1.807, 2.05) is 83.5 Å². The fourth-order valence-corrected chi connectivity index (χ4v) is 6.60. The summed E-state index contributed by atoms with van der Waals surface area (Å²) in [7, 11) is 0. The Labute approximate surface area is 268 Å². The minimum Gasteiger partial charge on any atom is -0.490 e. The monoisotopic (exact) mass is 633 g/mol. The normalized spacial score (nSPS) is 19.5. The van der Waals surface area contributed by atoms with Crippen molar-refractivity contribution in [2.45, 2.75) is 57.8 Å². The van der Waals surface area contributed by atoms with Crippen molar-refractivity contribution in [3.05, 3.63) is 99.0 Å². The quantitative estimate of drug-likeness (QED) is 0.265. The zero-order valence-corrected chi connectivity index (χ0v) is 26.5. The molecule has 0 spiro atoms. The van der Waals surface area contributed by atoms with Crippen LogP contribution in [0.15, 0.2) is 72.3 Å². The van der Waals surface area contributed by atoms with Crippen molar-refractivity contribution in [1.29, 1.82) is 0 Å². The van der Waals surface area contributed by atoms with Gasteiger partial charge < -0.3 is 24.6 Å². The number of hydrogen-bond acceptors (Lipinski definition) is 5. The molecule has 0 radical (unpaired) electrons. The summed E-state index contributed by atoms with van der Waals surface area (Å²) in [5.74, 6) is 1.56. The van der Waals surface area contributed by atoms with Gasteiger partial charge in [-0.05, 0) is 84.8 Å². The van der Waals surface area contributed by atoms with Gasteiger partial charge in [-0.1, -0.05) is 53.5 Å². The van der Waals surface area contributed by atoms with E-state index in [-0.39, 0.29) is 29.9 Å². The first-order chi connectivity index (χ1) is 21.3. The maximum Gasteiger partial charge on any atom is 0.252 e. The van der Waals surface area contributed by atoms with Crippen LogP contribution in [0.2, 0.25) is 10.0 Å². The lowest BCUT2D eigenvalue weighted by Gasteiger charge is -2.44. The van der Waals surface area contributed by atoms with Gasteiger partial charge in [-0.25, -0.2) is 0 Å². The van der Waals surface area contributed by atoms with Crippen LogP contribution in [-0.2, 0) is 16.1 Å². The van der Waals surface area contributed by atoms with Crippen LogP contribution in [0.5, 0.6) is 11.5 Å². The molecule has 2 bridgehead atoms. The van der Waals surface area contributed by atoms with Crippen LogP contribution >= 0.6 is 23.2 Å². The SMILES string of the molecule is CC(=O)N1C[C@H]2CC(c3ccc(OCCOc4ccc(Cl)cc4C)cc3)=C(C(=O)N(Cc3ccccc3Cl)C3CC3)[C@@H](C1)N2. The van der Waals surface area contributed by atoms with E-state index in [1.54, 1.807) is 6.92 Å². The van der Waals surface area contributed by atoms with E-state index in [0.29, 0.717) is 49.3 Å². The standard InChI is InChI=1S/C35H37Cl2N3O4/c1-22-17-26(36)9-14-33(22)44-16-15-43-29-12-7-24(8-13-29)30-18-27-20-39(23(2)41)21-32(38-27)34(30)35(42)40(28-10-11-28)19-25-5-3-4-6-31(25)37/h3-9,12-14,17,27-28,32,38H,10-11,15-16,18-21H2,1-2H3/t27-,32-/m1/s1. The highest BCUT2D eigenvalue weighted by atomic mass is 35.5. The number of fused-ring (bicyclic) bond motifs is 2. The number of amides is 2. The van der Waals surface area contributed by atoms with E-state index in [1.165, 1.54) is 0 Å². The van der Waals surface area contributed by atoms with Gasteiger partial charge in [-0.2, -0.15) is 0 Å². The molecular weight excluding hydrogens is 597 g/mol. The highest BCUT2D eigenvalue weighted by molar-refractivity contribution is 6.31. The summed E-state index contributed by atoms with van der Waals surface area (Å²) in [5, 5.41) is 4.99. The average molecular weight is 635 g/mol. The summed E-state index contributed by atoms with van der Waals surface area (Å²) in [4.78, 5) is 30.7. The van der Waals surface area contributed by atoms with Crippen molar-refractivity contribution in [3.8, 4) is 11.5 Å². The molecule has 2 aliphatic heterocycles. The van der Waals surface area contributed by atoms with Crippen molar-refractivity contribution < 1.29 is 19.1 Å². The van der Waals surface area contributed by atoms with E-state index >= 15 is 0 Å². The predicted molar refractivity (Wildman–Crippen MR) is 173 cm³/mol. The fraction of sp³-hybridized carbons (Fsp3) is 0.371. The first-order valence-electron chi connectivity index (χ1n) is 15.2. The number of nitrogens with one attached hydrogen (secondary N) is 1. The van der Waals surface area contributed by atoms with Gasteiger partial charge in [0.05, 0.1) is 6.04 Å². The molecule has 2 fully saturated rings. The first kappa shape index (κ1) is 30.5. The Balaban J connectivity index is 1.23. The number of ether oxygens (including phenoxy) is 2. The van der Waals surface area contributed by atoms with Crippen LogP contribution < -0.4 is 14.8 Å². The molecule has 2 amide bonds.